The van der Waals surface area contributed by atoms with E-state index in [2.05, 4.69) is 11.3 Å². The van der Waals surface area contributed by atoms with Crippen LogP contribution in [-0.4, -0.2) is 71.9 Å². The zero-order chi connectivity index (χ0) is 33.0. The van der Waals surface area contributed by atoms with Gasteiger partial charge in [-0.2, -0.15) is 92.2 Å². The topological polar surface area (TPSA) is 43.4 Å². The minimum Gasteiger partial charge on any atom is -0.393 e. The Kier molecular flexibility index (Phi) is 9.40. The lowest BCUT2D eigenvalue weighted by Crippen LogP contribution is -2.77. The van der Waals surface area contributed by atoms with Gasteiger partial charge in [-0.05, 0) is 6.42 Å². The molecule has 0 heterocycles. The van der Waals surface area contributed by atoms with Gasteiger partial charge in [-0.25, -0.2) is 4.79 Å². The third-order valence-electron chi connectivity index (χ3n) is 4.56. The van der Waals surface area contributed by atoms with E-state index in [0.29, 0.717) is 0 Å². The zero-order valence-electron chi connectivity index (χ0n) is 17.9. The predicted octanol–water partition coefficient (Wildman–Crippen LogP) is 7.30. The molecule has 236 valence electrons. The number of rotatable bonds is 13. The maximum atomic E-state index is 13.6. The molecule has 0 unspecified atom stereocenters. The van der Waals surface area contributed by atoms with Gasteiger partial charge in [0, 0.05) is 12.0 Å². The lowest BCUT2D eigenvalue weighted by Gasteiger charge is -2.44. The average Bonchev–Trinajstić information content (AvgIpc) is 2.74. The zero-order valence-corrected chi connectivity index (χ0v) is 17.9. The van der Waals surface area contributed by atoms with Gasteiger partial charge in [-0.15, -0.1) is 0 Å². The van der Waals surface area contributed by atoms with Gasteiger partial charge in [0.2, 0.25) is 0 Å². The quantitative estimate of drug-likeness (QED) is 0.0914. The van der Waals surface area contributed by atoms with E-state index in [0.717, 1.165) is 0 Å². The van der Waals surface area contributed by atoms with Gasteiger partial charge >= 0.3 is 65.6 Å². The molecule has 0 atom stereocenters. The second-order valence-corrected chi connectivity index (χ2v) is 7.31. The molecule has 0 aromatic rings. The molecule has 0 saturated heterocycles. The van der Waals surface area contributed by atoms with Gasteiger partial charge in [-0.1, -0.05) is 6.58 Å². The lowest BCUT2D eigenvalue weighted by atomic mass is 9.87. The van der Waals surface area contributed by atoms with Crippen LogP contribution in [-0.2, 0) is 14.3 Å². The van der Waals surface area contributed by atoms with Crippen LogP contribution in [0.4, 0.5) is 92.2 Å². The predicted molar refractivity (Wildman–Crippen MR) is 81.1 cm³/mol. The Labute approximate surface area is 204 Å². The molecule has 3 nitrogen and oxygen atoms in total. The van der Waals surface area contributed by atoms with E-state index in [9.17, 15) is 102 Å². The largest absolute Gasteiger partial charge is 0.473 e. The standard InChI is InChI=1S/C16H7F21O3/c1-5(3-2-4-38)6(39)40-16(36,37)14(31,32)12(27,28)10(23,24)8(19,20)7(17,18)9(21,22)11(25,26)13(29,30)15(33,34)35/h4H,1-3H2. The average molecular weight is 646 g/mol. The van der Waals surface area contributed by atoms with Crippen molar-refractivity contribution in [2.75, 3.05) is 0 Å². The van der Waals surface area contributed by atoms with Crippen molar-refractivity contribution in [3.8, 4) is 0 Å². The fourth-order valence-electron chi connectivity index (χ4n) is 2.13. The highest BCUT2D eigenvalue weighted by Crippen LogP contribution is 2.66. The highest BCUT2D eigenvalue weighted by molar-refractivity contribution is 5.88. The van der Waals surface area contributed by atoms with E-state index in [1.54, 1.807) is 0 Å². The van der Waals surface area contributed by atoms with Crippen LogP contribution in [0.15, 0.2) is 12.2 Å². The fraction of sp³-hybridized carbons (Fsp3) is 0.750. The van der Waals surface area contributed by atoms with E-state index in [1.165, 1.54) is 0 Å². The Morgan fingerprint density at radius 2 is 0.800 bits per heavy atom. The van der Waals surface area contributed by atoms with E-state index >= 15 is 0 Å². The number of carbonyl (C=O) groups excluding carboxylic acids is 2. The van der Waals surface area contributed by atoms with Gasteiger partial charge in [0.05, 0.1) is 0 Å². The van der Waals surface area contributed by atoms with Crippen LogP contribution in [0, 0.1) is 0 Å². The van der Waals surface area contributed by atoms with Gasteiger partial charge in [0.15, 0.2) is 0 Å². The maximum absolute atomic E-state index is 13.6. The molecule has 0 aliphatic rings. The Bertz CT molecular complexity index is 977. The van der Waals surface area contributed by atoms with Crippen molar-refractivity contribution >= 4 is 12.3 Å². The summed E-state index contributed by atoms with van der Waals surface area (Å²) >= 11 is 0. The number of hydrogen-bond donors (Lipinski definition) is 0. The molecule has 0 N–H and O–H groups in total. The maximum Gasteiger partial charge on any atom is 0.473 e. The molecule has 0 aliphatic carbocycles. The molecule has 0 aromatic carbocycles. The molecule has 0 bridgehead atoms. The molecule has 0 amide bonds. The lowest BCUT2D eigenvalue weighted by molar-refractivity contribution is -0.482. The summed E-state index contributed by atoms with van der Waals surface area (Å²) in [5.41, 5.74) is -1.51. The van der Waals surface area contributed by atoms with Gasteiger partial charge < -0.3 is 9.53 Å². The van der Waals surface area contributed by atoms with Crippen molar-refractivity contribution in [1.82, 2.24) is 0 Å². The van der Waals surface area contributed by atoms with Crippen molar-refractivity contribution in [2.24, 2.45) is 0 Å². The number of aldehydes is 1. The number of alkyl halides is 21. The molecule has 0 saturated carbocycles. The van der Waals surface area contributed by atoms with Crippen LogP contribution in [0.2, 0.25) is 0 Å². The molecule has 0 aromatic heterocycles. The third-order valence-corrected chi connectivity index (χ3v) is 4.56. The van der Waals surface area contributed by atoms with Gasteiger partial charge in [0.25, 0.3) is 0 Å². The van der Waals surface area contributed by atoms with Crippen molar-refractivity contribution in [2.45, 2.75) is 72.5 Å². The first-order chi connectivity index (χ1) is 17.1. The SMILES string of the molecule is C=C(CCC=O)C(=O)OC(F)(F)C(F)(F)C(F)(F)C(F)(F)C(F)(F)C(F)(F)C(F)(F)C(F)(F)C(F)(F)C(F)(F)F. The number of halogens is 21. The Morgan fingerprint density at radius 1 is 0.525 bits per heavy atom. The summed E-state index contributed by atoms with van der Waals surface area (Å²) in [6, 6.07) is 0. The Hall–Kier alpha value is -2.59. The minimum atomic E-state index is -9.30. The molecule has 0 fully saturated rings. The van der Waals surface area contributed by atoms with E-state index in [-0.39, 0.29) is 6.29 Å². The monoisotopic (exact) mass is 646 g/mol. The van der Waals surface area contributed by atoms with Crippen LogP contribution in [0.1, 0.15) is 12.8 Å². The van der Waals surface area contributed by atoms with Crippen LogP contribution in [0.3, 0.4) is 0 Å². The van der Waals surface area contributed by atoms with Crippen molar-refractivity contribution in [3.63, 3.8) is 0 Å². The molecule has 0 radical (unpaired) electrons. The van der Waals surface area contributed by atoms with Gasteiger partial charge in [-0.3, -0.25) is 0 Å². The number of carbonyl (C=O) groups is 2. The molecule has 24 heteroatoms. The summed E-state index contributed by atoms with van der Waals surface area (Å²) in [5.74, 6) is -74.7. The smallest absolute Gasteiger partial charge is 0.393 e. The van der Waals surface area contributed by atoms with Crippen LogP contribution in [0.5, 0.6) is 0 Å². The van der Waals surface area contributed by atoms with E-state index in [1.807, 2.05) is 0 Å². The van der Waals surface area contributed by atoms with Crippen LogP contribution < -0.4 is 0 Å². The number of ether oxygens (including phenoxy) is 1. The molecule has 0 spiro atoms. The summed E-state index contributed by atoms with van der Waals surface area (Å²) < 4.78 is 280. The van der Waals surface area contributed by atoms with Crippen molar-refractivity contribution in [1.29, 1.82) is 0 Å². The van der Waals surface area contributed by atoms with Crippen LogP contribution in [0.25, 0.3) is 0 Å². The highest BCUT2D eigenvalue weighted by Gasteiger charge is 2.98. The fourth-order valence-corrected chi connectivity index (χ4v) is 2.13. The first kappa shape index (κ1) is 37.4. The first-order valence-electron chi connectivity index (χ1n) is 8.93. The second kappa shape index (κ2) is 10.0. The molecule has 40 heavy (non-hydrogen) atoms. The Morgan fingerprint density at radius 3 is 1.07 bits per heavy atom. The summed E-state index contributed by atoms with van der Waals surface area (Å²) in [5, 5.41) is 0. The number of esters is 1. The van der Waals surface area contributed by atoms with Gasteiger partial charge in [0.1, 0.15) is 6.29 Å². The summed E-state index contributed by atoms with van der Waals surface area (Å²) in [7, 11) is 0. The molecule has 0 aliphatic heterocycles. The molecule has 0 rings (SSSR count). The summed E-state index contributed by atoms with van der Waals surface area (Å²) in [4.78, 5) is 21.2. The minimum absolute atomic E-state index is 0.119. The Balaban J connectivity index is 6.91. The third kappa shape index (κ3) is 5.02. The second-order valence-electron chi connectivity index (χ2n) is 7.31. The first-order valence-corrected chi connectivity index (χ1v) is 8.93. The van der Waals surface area contributed by atoms with E-state index < -0.39 is 84.0 Å². The normalized spacial score (nSPS) is 15.6. The molecular formula is C16H7F21O3. The van der Waals surface area contributed by atoms with Crippen molar-refractivity contribution in [3.05, 3.63) is 12.2 Å². The molecular weight excluding hydrogens is 639 g/mol. The summed E-state index contributed by atoms with van der Waals surface area (Å²) in [6.45, 7) is 2.47. The summed E-state index contributed by atoms with van der Waals surface area (Å²) in [6.07, 6.45) is -17.7. The van der Waals surface area contributed by atoms with Crippen LogP contribution >= 0.6 is 0 Å². The number of hydrogen-bond acceptors (Lipinski definition) is 3. The highest BCUT2D eigenvalue weighted by atomic mass is 19.4. The van der Waals surface area contributed by atoms with Crippen molar-refractivity contribution < 1.29 is 107 Å². The van der Waals surface area contributed by atoms with E-state index in [4.69, 9.17) is 0 Å².